The first-order chi connectivity index (χ1) is 15.2. The quantitative estimate of drug-likeness (QED) is 0.226. The first kappa shape index (κ1) is 24.4. The Labute approximate surface area is 190 Å². The third kappa shape index (κ3) is 5.06. The zero-order valence-electron chi connectivity index (χ0n) is 18.9. The number of halogens is 1. The van der Waals surface area contributed by atoms with Crippen LogP contribution in [0.2, 0.25) is 0 Å². The van der Waals surface area contributed by atoms with Gasteiger partial charge in [0.25, 0.3) is 0 Å². The Hall–Kier alpha value is -3.25. The fourth-order valence-corrected chi connectivity index (χ4v) is 3.63. The van der Waals surface area contributed by atoms with Crippen LogP contribution in [-0.4, -0.2) is 85.4 Å². The van der Waals surface area contributed by atoms with Gasteiger partial charge in [0, 0.05) is 5.69 Å². The fraction of sp³-hybridized carbons (Fsp3) is 0.364. The molecule has 0 saturated carbocycles. The first-order valence-corrected chi connectivity index (χ1v) is 10.3. The zero-order valence-corrected chi connectivity index (χ0v) is 18.9. The number of fused-ring (bicyclic) bond motifs is 2. The van der Waals surface area contributed by atoms with Crippen LogP contribution < -0.4 is 10.6 Å². The van der Waals surface area contributed by atoms with Crippen molar-refractivity contribution in [1.29, 1.82) is 0 Å². The Morgan fingerprint density at radius 2 is 1.27 bits per heavy atom. The molecule has 0 unspecified atom stereocenters. The van der Waals surface area contributed by atoms with Crippen LogP contribution in [0.5, 0.6) is 11.5 Å². The Balaban J connectivity index is 2.15. The van der Waals surface area contributed by atoms with Crippen molar-refractivity contribution < 1.29 is 33.5 Å². The molecule has 0 amide bonds. The van der Waals surface area contributed by atoms with Crippen molar-refractivity contribution in [2.45, 2.75) is 0 Å². The van der Waals surface area contributed by atoms with Crippen LogP contribution >= 0.6 is 0 Å². The summed E-state index contributed by atoms with van der Waals surface area (Å²) < 4.78 is 13.9. The van der Waals surface area contributed by atoms with Gasteiger partial charge in [0.1, 0.15) is 17.3 Å². The molecule has 1 aliphatic carbocycles. The lowest BCUT2D eigenvalue weighted by molar-refractivity contribution is -0.838. The van der Waals surface area contributed by atoms with Crippen LogP contribution in [0.4, 0.5) is 15.8 Å². The van der Waals surface area contributed by atoms with Crippen molar-refractivity contribution in [3.8, 4) is 11.5 Å². The normalized spacial score (nSPS) is 13.5. The van der Waals surface area contributed by atoms with E-state index in [9.17, 15) is 30.2 Å². The second kappa shape index (κ2) is 8.60. The molecule has 10 nitrogen and oxygen atoms in total. The van der Waals surface area contributed by atoms with E-state index < -0.39 is 43.7 Å². The maximum atomic E-state index is 15.1. The largest absolute Gasteiger partial charge is 0.633 e. The van der Waals surface area contributed by atoms with Gasteiger partial charge in [-0.05, 0) is 18.2 Å². The number of phenols is 2. The molecule has 0 saturated heterocycles. The number of benzene rings is 2. The molecule has 0 radical (unpaired) electrons. The van der Waals surface area contributed by atoms with E-state index in [1.54, 1.807) is 0 Å². The summed E-state index contributed by atoms with van der Waals surface area (Å²) in [6.07, 6.45) is 0. The van der Waals surface area contributed by atoms with Gasteiger partial charge in [0.2, 0.25) is 11.6 Å². The molecule has 2 aromatic carbocycles. The maximum absolute atomic E-state index is 15.1. The number of anilines is 2. The number of aromatic hydroxyl groups is 2. The van der Waals surface area contributed by atoms with Crippen molar-refractivity contribution >= 4 is 22.9 Å². The summed E-state index contributed by atoms with van der Waals surface area (Å²) in [6.45, 7) is 0.235. The number of ketones is 2. The summed E-state index contributed by atoms with van der Waals surface area (Å²) in [5.41, 5.74) is -1.62. The number of nitrogens with one attached hydrogen (secondary N) is 2. The van der Waals surface area contributed by atoms with E-state index in [0.717, 1.165) is 18.2 Å². The molecule has 0 bridgehead atoms. The van der Waals surface area contributed by atoms with Crippen molar-refractivity contribution in [3.05, 3.63) is 56.7 Å². The van der Waals surface area contributed by atoms with Crippen LogP contribution in [0.15, 0.2) is 18.2 Å². The van der Waals surface area contributed by atoms with Crippen molar-refractivity contribution in [2.24, 2.45) is 0 Å². The number of nitrogens with zero attached hydrogens (tertiary/aromatic N) is 2. The second-order valence-electron chi connectivity index (χ2n) is 8.99. The summed E-state index contributed by atoms with van der Waals surface area (Å²) in [7, 11) is 5.66. The fourth-order valence-electron chi connectivity index (χ4n) is 3.63. The maximum Gasteiger partial charge on any atom is 0.200 e. The number of carbonyl (C=O) groups is 2. The molecule has 178 valence electrons. The lowest BCUT2D eigenvalue weighted by atomic mass is 9.81. The molecular formula is C22H27FN4O6. The monoisotopic (exact) mass is 462 g/mol. The topological polar surface area (TPSA) is 145 Å². The highest BCUT2D eigenvalue weighted by atomic mass is 19.1. The molecule has 11 heteroatoms. The molecule has 0 atom stereocenters. The summed E-state index contributed by atoms with van der Waals surface area (Å²) in [6, 6.07) is 3.19. The van der Waals surface area contributed by atoms with Crippen molar-refractivity contribution in [1.82, 2.24) is 0 Å². The van der Waals surface area contributed by atoms with Gasteiger partial charge in [0.15, 0.2) is 0 Å². The van der Waals surface area contributed by atoms with Gasteiger partial charge in [-0.25, -0.2) is 4.39 Å². The summed E-state index contributed by atoms with van der Waals surface area (Å²) in [4.78, 5) is 26.7. The van der Waals surface area contributed by atoms with Gasteiger partial charge in [-0.1, -0.05) is 0 Å². The molecule has 1 aliphatic rings. The number of carbonyl (C=O) groups excluding carboxylic acids is 2. The van der Waals surface area contributed by atoms with Crippen LogP contribution in [-0.2, 0) is 0 Å². The van der Waals surface area contributed by atoms with Gasteiger partial charge in [-0.15, -0.1) is 0 Å². The highest BCUT2D eigenvalue weighted by molar-refractivity contribution is 6.33. The number of phenolic OH excluding ortho intramolecular Hbond substituents is 2. The van der Waals surface area contributed by atoms with E-state index in [1.807, 2.05) is 0 Å². The van der Waals surface area contributed by atoms with Gasteiger partial charge >= 0.3 is 0 Å². The molecule has 0 aliphatic heterocycles. The van der Waals surface area contributed by atoms with Crippen LogP contribution in [0.1, 0.15) is 31.8 Å². The average molecular weight is 462 g/mol. The van der Waals surface area contributed by atoms with Gasteiger partial charge in [-0.3, -0.25) is 9.59 Å². The van der Waals surface area contributed by atoms with Crippen LogP contribution in [0.25, 0.3) is 0 Å². The Morgan fingerprint density at radius 1 is 0.818 bits per heavy atom. The first-order valence-electron chi connectivity index (χ1n) is 10.3. The molecule has 0 spiro atoms. The summed E-state index contributed by atoms with van der Waals surface area (Å²) >= 11 is 0. The third-order valence-corrected chi connectivity index (χ3v) is 5.27. The van der Waals surface area contributed by atoms with E-state index in [0.29, 0.717) is 0 Å². The highest BCUT2D eigenvalue weighted by Gasteiger charge is 2.39. The molecule has 4 N–H and O–H groups in total. The minimum atomic E-state index is -0.854. The summed E-state index contributed by atoms with van der Waals surface area (Å²) in [5.74, 6) is -3.52. The molecule has 2 aromatic rings. The molecule has 0 aromatic heterocycles. The summed E-state index contributed by atoms with van der Waals surface area (Å²) in [5, 5.41) is 49.8. The number of hydrogen-bond donors (Lipinski definition) is 4. The number of hydrogen-bond acceptors (Lipinski definition) is 8. The van der Waals surface area contributed by atoms with Crippen LogP contribution in [0.3, 0.4) is 0 Å². The van der Waals surface area contributed by atoms with Crippen molar-refractivity contribution in [2.75, 3.05) is 65.0 Å². The second-order valence-corrected chi connectivity index (χ2v) is 8.99. The standard InChI is InChI=1S/C22H27FN4O6/c1-26(2,32)9-7-24-13-11-12(23)20(25-8-10-27(3,4)33)19-16(13)21(30)17-14(28)5-6-15(29)18(17)22(19)31/h5-6,11,24-25,28-29H,7-10H2,1-4H3. The number of quaternary nitrogens is 2. The molecule has 0 heterocycles. The lowest BCUT2D eigenvalue weighted by Gasteiger charge is -2.34. The number of likely N-dealkylation sites (N-methyl/N-ethyl adjacent to an activating group) is 2. The smallest absolute Gasteiger partial charge is 0.200 e. The number of hydroxylamine groups is 6. The predicted molar refractivity (Wildman–Crippen MR) is 121 cm³/mol. The lowest BCUT2D eigenvalue weighted by Crippen LogP contribution is -2.37. The predicted octanol–water partition coefficient (Wildman–Crippen LogP) is 1.98. The molecule has 3 rings (SSSR count). The minimum Gasteiger partial charge on any atom is -0.633 e. The molecule has 33 heavy (non-hydrogen) atoms. The Morgan fingerprint density at radius 3 is 1.76 bits per heavy atom. The highest BCUT2D eigenvalue weighted by Crippen LogP contribution is 2.43. The Kier molecular flexibility index (Phi) is 6.35. The Bertz CT molecular complexity index is 1120. The molecule has 0 fully saturated rings. The van der Waals surface area contributed by atoms with Crippen molar-refractivity contribution in [3.63, 3.8) is 0 Å². The third-order valence-electron chi connectivity index (χ3n) is 5.27. The van der Waals surface area contributed by atoms with E-state index in [4.69, 9.17) is 0 Å². The van der Waals surface area contributed by atoms with Gasteiger partial charge < -0.3 is 40.6 Å². The zero-order chi connectivity index (χ0) is 24.7. The minimum absolute atomic E-state index is 0.00877. The van der Waals surface area contributed by atoms with E-state index in [2.05, 4.69) is 10.6 Å². The van der Waals surface area contributed by atoms with Gasteiger partial charge in [0.05, 0.1) is 82.3 Å². The van der Waals surface area contributed by atoms with Gasteiger partial charge in [-0.2, -0.15) is 0 Å². The number of rotatable bonds is 8. The van der Waals surface area contributed by atoms with E-state index >= 15 is 4.39 Å². The SMILES string of the molecule is C[N+](C)([O-])CCNc1cc(F)c(NCC[N+](C)(C)[O-])c2c1C(=O)c1c(O)ccc(O)c1C2=O. The van der Waals surface area contributed by atoms with E-state index in [1.165, 1.54) is 28.2 Å². The average Bonchev–Trinajstić information content (AvgIpc) is 2.67. The van der Waals surface area contributed by atoms with E-state index in [-0.39, 0.29) is 54.2 Å². The van der Waals surface area contributed by atoms with Crippen LogP contribution in [0, 0.1) is 16.2 Å². The molecular weight excluding hydrogens is 435 g/mol.